The summed E-state index contributed by atoms with van der Waals surface area (Å²) in [6.07, 6.45) is 5.74. The minimum Gasteiger partial charge on any atom is -0.326 e. The SMILES string of the molecule is C=CCCCCC(=C=O)c1ccc(CN)cc1. The van der Waals surface area contributed by atoms with Crippen LogP contribution < -0.4 is 5.73 Å². The third-order valence-electron chi connectivity index (χ3n) is 2.75. The van der Waals surface area contributed by atoms with E-state index in [0.29, 0.717) is 6.54 Å². The average molecular weight is 229 g/mol. The third kappa shape index (κ3) is 4.39. The van der Waals surface area contributed by atoms with E-state index >= 15 is 0 Å². The van der Waals surface area contributed by atoms with Crippen molar-refractivity contribution in [2.45, 2.75) is 32.2 Å². The number of carbonyl (C=O) groups excluding carboxylic acids is 1. The summed E-state index contributed by atoms with van der Waals surface area (Å²) in [4.78, 5) is 10.9. The van der Waals surface area contributed by atoms with Crippen LogP contribution >= 0.6 is 0 Å². The summed E-state index contributed by atoms with van der Waals surface area (Å²) in [5.41, 5.74) is 8.31. The Morgan fingerprint density at radius 2 is 2.00 bits per heavy atom. The first-order valence-electron chi connectivity index (χ1n) is 5.96. The smallest absolute Gasteiger partial charge is 0.128 e. The lowest BCUT2D eigenvalue weighted by Gasteiger charge is -2.04. The van der Waals surface area contributed by atoms with Gasteiger partial charge in [-0.05, 0) is 36.8 Å². The monoisotopic (exact) mass is 229 g/mol. The summed E-state index contributed by atoms with van der Waals surface area (Å²) in [6, 6.07) is 7.79. The molecule has 2 N–H and O–H groups in total. The van der Waals surface area contributed by atoms with Crippen molar-refractivity contribution in [1.82, 2.24) is 0 Å². The molecule has 2 nitrogen and oxygen atoms in total. The highest BCUT2D eigenvalue weighted by atomic mass is 16.1. The predicted molar refractivity (Wildman–Crippen MR) is 72.1 cm³/mol. The second-order valence-electron chi connectivity index (χ2n) is 4.02. The Labute approximate surface area is 103 Å². The molecule has 0 bridgehead atoms. The zero-order valence-corrected chi connectivity index (χ0v) is 10.1. The van der Waals surface area contributed by atoms with Crippen molar-refractivity contribution in [1.29, 1.82) is 0 Å². The van der Waals surface area contributed by atoms with E-state index in [1.54, 1.807) is 0 Å². The first kappa shape index (κ1) is 13.4. The molecule has 2 heteroatoms. The molecule has 0 unspecified atom stereocenters. The van der Waals surface area contributed by atoms with Gasteiger partial charge in [0.1, 0.15) is 5.94 Å². The highest BCUT2D eigenvalue weighted by molar-refractivity contribution is 5.87. The molecule has 0 aliphatic carbocycles. The Bertz CT molecular complexity index is 399. The van der Waals surface area contributed by atoms with Gasteiger partial charge in [-0.3, -0.25) is 0 Å². The van der Waals surface area contributed by atoms with Gasteiger partial charge in [0.15, 0.2) is 0 Å². The summed E-state index contributed by atoms with van der Waals surface area (Å²) in [6.45, 7) is 4.21. The molecule has 0 heterocycles. The molecule has 90 valence electrons. The first-order valence-corrected chi connectivity index (χ1v) is 5.96. The van der Waals surface area contributed by atoms with E-state index in [1.807, 2.05) is 36.3 Å². The number of unbranched alkanes of at least 4 members (excludes halogenated alkanes) is 2. The molecule has 17 heavy (non-hydrogen) atoms. The van der Waals surface area contributed by atoms with Crippen LogP contribution in [-0.4, -0.2) is 5.94 Å². The quantitative estimate of drug-likeness (QED) is 0.443. The van der Waals surface area contributed by atoms with Crippen LogP contribution in [0.3, 0.4) is 0 Å². The zero-order chi connectivity index (χ0) is 12.5. The van der Waals surface area contributed by atoms with Crippen LogP contribution in [0.1, 0.15) is 36.8 Å². The van der Waals surface area contributed by atoms with Crippen molar-refractivity contribution in [3.8, 4) is 0 Å². The van der Waals surface area contributed by atoms with E-state index < -0.39 is 0 Å². The lowest BCUT2D eigenvalue weighted by Crippen LogP contribution is -1.96. The van der Waals surface area contributed by atoms with Crippen LogP contribution in [0.4, 0.5) is 0 Å². The van der Waals surface area contributed by atoms with Gasteiger partial charge in [0.2, 0.25) is 0 Å². The largest absolute Gasteiger partial charge is 0.326 e. The van der Waals surface area contributed by atoms with Gasteiger partial charge < -0.3 is 5.73 Å². The van der Waals surface area contributed by atoms with Crippen molar-refractivity contribution >= 4 is 11.5 Å². The molecule has 0 aromatic heterocycles. The average Bonchev–Trinajstić information content (AvgIpc) is 2.39. The number of allylic oxidation sites excluding steroid dienone is 2. The van der Waals surface area contributed by atoms with Gasteiger partial charge in [-0.2, -0.15) is 0 Å². The molecule has 0 aliphatic rings. The van der Waals surface area contributed by atoms with Gasteiger partial charge in [0.25, 0.3) is 0 Å². The van der Waals surface area contributed by atoms with Gasteiger partial charge in [0.05, 0.1) is 0 Å². The van der Waals surface area contributed by atoms with Gasteiger partial charge in [-0.25, -0.2) is 4.79 Å². The van der Waals surface area contributed by atoms with Crippen LogP contribution in [0.15, 0.2) is 36.9 Å². The maximum absolute atomic E-state index is 10.9. The molecule has 0 fully saturated rings. The van der Waals surface area contributed by atoms with Crippen molar-refractivity contribution in [3.63, 3.8) is 0 Å². The maximum Gasteiger partial charge on any atom is 0.128 e. The molecule has 0 saturated heterocycles. The molecule has 1 aromatic carbocycles. The minimum atomic E-state index is 0.528. The number of benzene rings is 1. The van der Waals surface area contributed by atoms with Gasteiger partial charge in [-0.15, -0.1) is 6.58 Å². The Hall–Kier alpha value is -1.63. The van der Waals surface area contributed by atoms with Crippen LogP contribution in [0, 0.1) is 0 Å². The fourth-order valence-electron chi connectivity index (χ4n) is 1.69. The van der Waals surface area contributed by atoms with Crippen molar-refractivity contribution < 1.29 is 4.79 Å². The van der Waals surface area contributed by atoms with Gasteiger partial charge >= 0.3 is 0 Å². The fourth-order valence-corrected chi connectivity index (χ4v) is 1.69. The van der Waals surface area contributed by atoms with E-state index in [4.69, 9.17) is 5.73 Å². The molecule has 0 radical (unpaired) electrons. The van der Waals surface area contributed by atoms with Crippen LogP contribution in [0.2, 0.25) is 0 Å². The highest BCUT2D eigenvalue weighted by Crippen LogP contribution is 2.19. The van der Waals surface area contributed by atoms with E-state index in [2.05, 4.69) is 6.58 Å². The maximum atomic E-state index is 10.9. The Balaban J connectivity index is 2.60. The second-order valence-corrected chi connectivity index (χ2v) is 4.02. The predicted octanol–water partition coefficient (Wildman–Crippen LogP) is 3.11. The number of nitrogens with two attached hydrogens (primary N) is 1. The summed E-state index contributed by atoms with van der Waals surface area (Å²) in [7, 11) is 0. The lowest BCUT2D eigenvalue weighted by atomic mass is 10.00. The van der Waals surface area contributed by atoms with Gasteiger partial charge in [0, 0.05) is 12.1 Å². The normalized spacial score (nSPS) is 9.71. The van der Waals surface area contributed by atoms with Crippen molar-refractivity contribution in [3.05, 3.63) is 48.0 Å². The Morgan fingerprint density at radius 1 is 1.29 bits per heavy atom. The highest BCUT2D eigenvalue weighted by Gasteiger charge is 2.02. The topological polar surface area (TPSA) is 43.1 Å². The summed E-state index contributed by atoms with van der Waals surface area (Å²) < 4.78 is 0. The Kier molecular flexibility index (Phi) is 6.02. The molecular weight excluding hydrogens is 210 g/mol. The molecule has 0 aliphatic heterocycles. The zero-order valence-electron chi connectivity index (χ0n) is 10.1. The lowest BCUT2D eigenvalue weighted by molar-refractivity contribution is 0.568. The standard InChI is InChI=1S/C15H19NO/c1-2-3-4-5-6-15(12-17)14-9-7-13(11-16)8-10-14/h2,7-10H,1,3-6,11,16H2. The first-order chi connectivity index (χ1) is 8.31. The van der Waals surface area contributed by atoms with Gasteiger partial charge in [-0.1, -0.05) is 30.3 Å². The van der Waals surface area contributed by atoms with Crippen LogP contribution in [0.5, 0.6) is 0 Å². The van der Waals surface area contributed by atoms with E-state index in [9.17, 15) is 4.79 Å². The minimum absolute atomic E-state index is 0.528. The summed E-state index contributed by atoms with van der Waals surface area (Å²) in [5.74, 6) is 2.04. The van der Waals surface area contributed by atoms with E-state index in [0.717, 1.165) is 42.4 Å². The molecule has 0 amide bonds. The van der Waals surface area contributed by atoms with Crippen LogP contribution in [0.25, 0.3) is 5.57 Å². The number of hydrogen-bond acceptors (Lipinski definition) is 2. The molecule has 1 rings (SSSR count). The number of hydrogen-bond donors (Lipinski definition) is 1. The fraction of sp³-hybridized carbons (Fsp3) is 0.333. The molecule has 0 saturated carbocycles. The van der Waals surface area contributed by atoms with Crippen molar-refractivity contribution in [2.24, 2.45) is 5.73 Å². The molecule has 0 spiro atoms. The molecule has 0 atom stereocenters. The van der Waals surface area contributed by atoms with Crippen LogP contribution in [-0.2, 0) is 11.3 Å². The molecule has 1 aromatic rings. The van der Waals surface area contributed by atoms with E-state index in [-0.39, 0.29) is 0 Å². The summed E-state index contributed by atoms with van der Waals surface area (Å²) in [5, 5.41) is 0. The van der Waals surface area contributed by atoms with Crippen molar-refractivity contribution in [2.75, 3.05) is 0 Å². The summed E-state index contributed by atoms with van der Waals surface area (Å²) >= 11 is 0. The van der Waals surface area contributed by atoms with E-state index in [1.165, 1.54) is 0 Å². The Morgan fingerprint density at radius 3 is 2.53 bits per heavy atom. The third-order valence-corrected chi connectivity index (χ3v) is 2.75. The second kappa shape index (κ2) is 7.61. The number of rotatable bonds is 7. The molecular formula is C15H19NO.